The SMILES string of the molecule is CN1CCO[NH2+]1.O=S(=O)([O-])O. The summed E-state index contributed by atoms with van der Waals surface area (Å²) in [5.41, 5.74) is 1.74. The lowest BCUT2D eigenvalue weighted by atomic mass is 10.7. The Morgan fingerprint density at radius 3 is 2.27 bits per heavy atom. The summed E-state index contributed by atoms with van der Waals surface area (Å²) < 4.78 is 32.8. The number of nitrogens with two attached hydrogens (primary N) is 1. The molecule has 0 saturated carbocycles. The molecule has 11 heavy (non-hydrogen) atoms. The highest BCUT2D eigenvalue weighted by molar-refractivity contribution is 7.79. The van der Waals surface area contributed by atoms with Gasteiger partial charge >= 0.3 is 0 Å². The summed E-state index contributed by atoms with van der Waals surface area (Å²) in [6, 6.07) is 0. The smallest absolute Gasteiger partial charge is 0.215 e. The Hall–Kier alpha value is -0.250. The number of rotatable bonds is 0. The van der Waals surface area contributed by atoms with Gasteiger partial charge in [0.15, 0.2) is 0 Å². The van der Waals surface area contributed by atoms with Crippen molar-refractivity contribution < 1.29 is 27.9 Å². The first-order chi connectivity index (χ1) is 4.89. The summed E-state index contributed by atoms with van der Waals surface area (Å²) in [6.07, 6.45) is 0. The number of hydrogen-bond acceptors (Lipinski definition) is 5. The van der Waals surface area contributed by atoms with Gasteiger partial charge in [0.25, 0.3) is 0 Å². The highest BCUT2D eigenvalue weighted by Gasteiger charge is 2.08. The molecule has 1 aliphatic rings. The lowest BCUT2D eigenvalue weighted by Crippen LogP contribution is -2.87. The average Bonchev–Trinajstić information content (AvgIpc) is 2.12. The first kappa shape index (κ1) is 10.8. The van der Waals surface area contributed by atoms with Gasteiger partial charge in [-0.25, -0.2) is 8.42 Å². The molecular weight excluding hydrogens is 176 g/mol. The van der Waals surface area contributed by atoms with Crippen molar-refractivity contribution in [2.45, 2.75) is 0 Å². The average molecular weight is 186 g/mol. The van der Waals surface area contributed by atoms with E-state index in [-0.39, 0.29) is 0 Å². The second-order valence-electron chi connectivity index (χ2n) is 1.88. The largest absolute Gasteiger partial charge is 0.726 e. The van der Waals surface area contributed by atoms with Crippen LogP contribution in [0.3, 0.4) is 0 Å². The lowest BCUT2D eigenvalue weighted by molar-refractivity contribution is -0.971. The van der Waals surface area contributed by atoms with E-state index >= 15 is 0 Å². The zero-order valence-electron chi connectivity index (χ0n) is 5.93. The molecule has 8 heteroatoms. The highest BCUT2D eigenvalue weighted by atomic mass is 32.3. The van der Waals surface area contributed by atoms with Gasteiger partial charge < -0.3 is 4.55 Å². The van der Waals surface area contributed by atoms with Gasteiger partial charge in [-0.2, -0.15) is 4.84 Å². The van der Waals surface area contributed by atoms with E-state index < -0.39 is 10.4 Å². The molecule has 68 valence electrons. The molecular formula is C3H10N2O5S. The molecule has 3 N–H and O–H groups in total. The molecule has 0 aromatic heterocycles. The molecule has 1 heterocycles. The summed E-state index contributed by atoms with van der Waals surface area (Å²) >= 11 is 0. The molecule has 1 saturated heterocycles. The van der Waals surface area contributed by atoms with Crippen LogP contribution in [-0.2, 0) is 15.2 Å². The van der Waals surface area contributed by atoms with Crippen molar-refractivity contribution in [3.05, 3.63) is 0 Å². The third-order valence-corrected chi connectivity index (χ3v) is 0.816. The molecule has 0 spiro atoms. The number of likely N-dealkylation sites (N-methyl/N-ethyl adjacent to an activating group) is 1. The molecule has 7 nitrogen and oxygen atoms in total. The zero-order valence-corrected chi connectivity index (χ0v) is 6.74. The molecule has 0 unspecified atom stereocenters. The van der Waals surface area contributed by atoms with Crippen LogP contribution in [0, 0.1) is 0 Å². The van der Waals surface area contributed by atoms with Crippen LogP contribution in [0.1, 0.15) is 0 Å². The molecule has 1 fully saturated rings. The van der Waals surface area contributed by atoms with E-state index in [1.54, 1.807) is 5.59 Å². The second kappa shape index (κ2) is 4.59. The quantitative estimate of drug-likeness (QED) is 0.243. The summed E-state index contributed by atoms with van der Waals surface area (Å²) in [5, 5.41) is 2.01. The Morgan fingerprint density at radius 2 is 2.18 bits per heavy atom. The minimum absolute atomic E-state index is 0.858. The molecule has 0 aromatic carbocycles. The predicted octanol–water partition coefficient (Wildman–Crippen LogP) is -2.65. The Kier molecular flexibility index (Phi) is 4.49. The van der Waals surface area contributed by atoms with E-state index in [2.05, 4.69) is 0 Å². The molecule has 1 aliphatic heterocycles. The van der Waals surface area contributed by atoms with Crippen LogP contribution in [0.2, 0.25) is 0 Å². The third kappa shape index (κ3) is 12.9. The maximum absolute atomic E-state index is 8.63. The topological polar surface area (TPSA) is 107 Å². The number of quaternary nitrogens is 1. The fraction of sp³-hybridized carbons (Fsp3) is 1.00. The number of hydrogen-bond donors (Lipinski definition) is 2. The zero-order chi connectivity index (χ0) is 8.91. The van der Waals surface area contributed by atoms with Gasteiger partial charge in [-0.3, -0.25) is 4.55 Å². The van der Waals surface area contributed by atoms with Crippen molar-refractivity contribution >= 4 is 10.4 Å². The van der Waals surface area contributed by atoms with Crippen molar-refractivity contribution in [3.8, 4) is 0 Å². The van der Waals surface area contributed by atoms with Crippen LogP contribution in [0.15, 0.2) is 0 Å². The van der Waals surface area contributed by atoms with Gasteiger partial charge in [-0.15, -0.1) is 10.6 Å². The van der Waals surface area contributed by atoms with Gasteiger partial charge in [-0.1, -0.05) is 0 Å². The van der Waals surface area contributed by atoms with Crippen molar-refractivity contribution in [2.75, 3.05) is 20.2 Å². The normalized spacial score (nSPS) is 19.2. The van der Waals surface area contributed by atoms with Gasteiger partial charge in [0.2, 0.25) is 10.4 Å². The van der Waals surface area contributed by atoms with E-state index in [0.717, 1.165) is 13.2 Å². The monoisotopic (exact) mass is 186 g/mol. The molecule has 0 bridgehead atoms. The lowest BCUT2D eigenvalue weighted by Gasteiger charge is -1.94. The highest BCUT2D eigenvalue weighted by Crippen LogP contribution is 1.72. The van der Waals surface area contributed by atoms with Gasteiger partial charge in [0, 0.05) is 7.05 Å². The summed E-state index contributed by atoms with van der Waals surface area (Å²) in [7, 11) is -2.92. The fourth-order valence-corrected chi connectivity index (χ4v) is 0.429. The standard InChI is InChI=1S/C3H8N2O.H2O4S/c1-5-2-3-6-4-5;1-5(2,3)4/h4H,2-3H2,1H3;(H2,1,2,3,4). The van der Waals surface area contributed by atoms with Crippen molar-refractivity contribution in [3.63, 3.8) is 0 Å². The van der Waals surface area contributed by atoms with E-state index in [1.807, 2.05) is 12.1 Å². The second-order valence-corrected chi connectivity index (χ2v) is 2.74. The first-order valence-electron chi connectivity index (χ1n) is 2.73. The number of nitrogens with zero attached hydrogens (tertiary/aromatic N) is 1. The van der Waals surface area contributed by atoms with Crippen LogP contribution < -0.4 is 5.59 Å². The Balaban J connectivity index is 0.000000187. The molecule has 1 rings (SSSR count). The van der Waals surface area contributed by atoms with Crippen LogP contribution >= 0.6 is 0 Å². The first-order valence-corrected chi connectivity index (χ1v) is 4.09. The van der Waals surface area contributed by atoms with E-state index in [9.17, 15) is 0 Å². The summed E-state index contributed by atoms with van der Waals surface area (Å²) in [6.45, 7) is 1.90. The maximum atomic E-state index is 8.63. The van der Waals surface area contributed by atoms with E-state index in [1.165, 1.54) is 0 Å². The minimum atomic E-state index is -4.92. The van der Waals surface area contributed by atoms with Crippen molar-refractivity contribution in [1.29, 1.82) is 0 Å². The molecule has 0 amide bonds. The molecule has 0 aromatic rings. The molecule has 0 aliphatic carbocycles. The van der Waals surface area contributed by atoms with Crippen LogP contribution in [0.5, 0.6) is 0 Å². The maximum Gasteiger partial charge on any atom is 0.215 e. The molecule has 0 radical (unpaired) electrons. The Labute approximate surface area is 64.4 Å². The van der Waals surface area contributed by atoms with Crippen molar-refractivity contribution in [1.82, 2.24) is 5.01 Å². The Morgan fingerprint density at radius 1 is 1.73 bits per heavy atom. The van der Waals surface area contributed by atoms with Crippen LogP contribution in [0.4, 0.5) is 0 Å². The molecule has 0 atom stereocenters. The predicted molar refractivity (Wildman–Crippen MR) is 32.8 cm³/mol. The van der Waals surface area contributed by atoms with E-state index in [0.29, 0.717) is 0 Å². The van der Waals surface area contributed by atoms with Crippen LogP contribution in [0.25, 0.3) is 0 Å². The Bertz CT molecular complexity index is 176. The fourth-order valence-electron chi connectivity index (χ4n) is 0.429. The van der Waals surface area contributed by atoms with Crippen molar-refractivity contribution in [2.24, 2.45) is 0 Å². The van der Waals surface area contributed by atoms with E-state index in [4.69, 9.17) is 22.4 Å². The van der Waals surface area contributed by atoms with Gasteiger partial charge in [0.05, 0.1) is 6.54 Å². The minimum Gasteiger partial charge on any atom is -0.726 e. The summed E-state index contributed by atoms with van der Waals surface area (Å²) in [4.78, 5) is 4.86. The van der Waals surface area contributed by atoms with Gasteiger partial charge in [-0.05, 0) is 0 Å². The van der Waals surface area contributed by atoms with Crippen LogP contribution in [-0.4, -0.2) is 42.7 Å². The van der Waals surface area contributed by atoms with Gasteiger partial charge in [0.1, 0.15) is 6.61 Å². The third-order valence-electron chi connectivity index (χ3n) is 0.816. The summed E-state index contributed by atoms with van der Waals surface area (Å²) in [5.74, 6) is 0.